The van der Waals surface area contributed by atoms with E-state index in [1.165, 1.54) is 0 Å². The lowest BCUT2D eigenvalue weighted by Gasteiger charge is -2.34. The molecule has 1 saturated heterocycles. The molecule has 0 aromatic rings. The number of nitrogens with zero attached hydrogens (tertiary/aromatic N) is 1. The summed E-state index contributed by atoms with van der Waals surface area (Å²) in [6.45, 7) is 2.03. The molecule has 0 amide bonds. The Morgan fingerprint density at radius 1 is 1.33 bits per heavy atom. The molecule has 66 valence electrons. The first-order chi connectivity index (χ1) is 5.85. The smallest absolute Gasteiger partial charge is 0.0655 e. The van der Waals surface area contributed by atoms with Gasteiger partial charge in [-0.3, -0.25) is 5.32 Å². The van der Waals surface area contributed by atoms with Crippen molar-refractivity contribution in [1.82, 2.24) is 10.6 Å². The number of hydrogen-bond acceptors (Lipinski definition) is 3. The van der Waals surface area contributed by atoms with Crippen LogP contribution in [0.5, 0.6) is 0 Å². The van der Waals surface area contributed by atoms with Gasteiger partial charge in [-0.15, -0.1) is 0 Å². The van der Waals surface area contributed by atoms with Crippen LogP contribution in [0.1, 0.15) is 25.7 Å². The molecule has 1 saturated carbocycles. The highest BCUT2D eigenvalue weighted by atomic mass is 15.2. The summed E-state index contributed by atoms with van der Waals surface area (Å²) in [5.74, 6) is 0.318. The van der Waals surface area contributed by atoms with Crippen molar-refractivity contribution in [3.05, 3.63) is 0 Å². The molecule has 0 atom stereocenters. The lowest BCUT2D eigenvalue weighted by Crippen LogP contribution is -2.45. The first kappa shape index (κ1) is 8.03. The average Bonchev–Trinajstić information content (AvgIpc) is 2.55. The highest BCUT2D eigenvalue weighted by Crippen LogP contribution is 2.32. The van der Waals surface area contributed by atoms with Crippen molar-refractivity contribution < 1.29 is 0 Å². The second-order valence-corrected chi connectivity index (χ2v) is 3.96. The number of nitriles is 1. The van der Waals surface area contributed by atoms with E-state index in [1.807, 2.05) is 0 Å². The molecule has 2 rings (SSSR count). The molecule has 2 fully saturated rings. The van der Waals surface area contributed by atoms with Gasteiger partial charge in [-0.25, -0.2) is 0 Å². The normalized spacial score (nSPS) is 41.4. The fraction of sp³-hybridized carbons (Fsp3) is 0.889. The van der Waals surface area contributed by atoms with Gasteiger partial charge in [0.1, 0.15) is 0 Å². The van der Waals surface area contributed by atoms with E-state index in [0.717, 1.165) is 38.9 Å². The van der Waals surface area contributed by atoms with E-state index < -0.39 is 0 Å². The first-order valence-electron chi connectivity index (χ1n) is 4.70. The standard InChI is InChI=1S/C9H15N3/c10-5-8-1-3-9(4-2-8)6-11-7-12-9/h8,11-12H,1-4,6-7H2. The van der Waals surface area contributed by atoms with Crippen molar-refractivity contribution in [3.63, 3.8) is 0 Å². The quantitative estimate of drug-likeness (QED) is 0.552. The Labute approximate surface area is 73.1 Å². The molecule has 0 aromatic heterocycles. The van der Waals surface area contributed by atoms with Crippen LogP contribution in [-0.2, 0) is 0 Å². The maximum Gasteiger partial charge on any atom is 0.0655 e. The Hall–Kier alpha value is -0.590. The number of rotatable bonds is 0. The predicted octanol–water partition coefficient (Wildman–Crippen LogP) is 0.589. The van der Waals surface area contributed by atoms with Crippen LogP contribution in [0.2, 0.25) is 0 Å². The minimum atomic E-state index is 0.318. The van der Waals surface area contributed by atoms with Gasteiger partial charge in [-0.1, -0.05) is 0 Å². The van der Waals surface area contributed by atoms with Crippen molar-refractivity contribution in [3.8, 4) is 6.07 Å². The summed E-state index contributed by atoms with van der Waals surface area (Å²) in [7, 11) is 0. The minimum Gasteiger partial charge on any atom is -0.303 e. The molecule has 0 aromatic carbocycles. The Morgan fingerprint density at radius 2 is 2.08 bits per heavy atom. The van der Waals surface area contributed by atoms with Gasteiger partial charge in [-0.05, 0) is 25.7 Å². The second kappa shape index (κ2) is 3.04. The minimum absolute atomic E-state index is 0.318. The fourth-order valence-corrected chi connectivity index (χ4v) is 2.27. The van der Waals surface area contributed by atoms with Crippen molar-refractivity contribution in [2.24, 2.45) is 5.92 Å². The van der Waals surface area contributed by atoms with E-state index in [0.29, 0.717) is 11.5 Å². The third-order valence-corrected chi connectivity index (χ3v) is 3.18. The van der Waals surface area contributed by atoms with Gasteiger partial charge in [0, 0.05) is 24.7 Å². The van der Waals surface area contributed by atoms with E-state index in [2.05, 4.69) is 16.7 Å². The monoisotopic (exact) mass is 165 g/mol. The van der Waals surface area contributed by atoms with Crippen molar-refractivity contribution in [2.45, 2.75) is 31.2 Å². The summed E-state index contributed by atoms with van der Waals surface area (Å²) in [4.78, 5) is 0. The van der Waals surface area contributed by atoms with Gasteiger partial charge >= 0.3 is 0 Å². The zero-order valence-electron chi connectivity index (χ0n) is 7.27. The molecule has 12 heavy (non-hydrogen) atoms. The second-order valence-electron chi connectivity index (χ2n) is 3.96. The molecular formula is C9H15N3. The molecule has 1 aliphatic heterocycles. The van der Waals surface area contributed by atoms with Crippen LogP contribution in [0, 0.1) is 17.2 Å². The Kier molecular flexibility index (Phi) is 2.03. The largest absolute Gasteiger partial charge is 0.303 e. The predicted molar refractivity (Wildman–Crippen MR) is 46.3 cm³/mol. The first-order valence-corrected chi connectivity index (χ1v) is 4.70. The zero-order chi connectivity index (χ0) is 8.44. The molecule has 3 heteroatoms. The van der Waals surface area contributed by atoms with Crippen molar-refractivity contribution in [1.29, 1.82) is 5.26 Å². The van der Waals surface area contributed by atoms with E-state index in [-0.39, 0.29) is 0 Å². The zero-order valence-corrected chi connectivity index (χ0v) is 7.27. The van der Waals surface area contributed by atoms with Crippen LogP contribution in [0.25, 0.3) is 0 Å². The third kappa shape index (κ3) is 1.33. The summed E-state index contributed by atoms with van der Waals surface area (Å²) in [5, 5.41) is 15.6. The summed E-state index contributed by atoms with van der Waals surface area (Å²) in [5.41, 5.74) is 0.341. The molecule has 3 nitrogen and oxygen atoms in total. The molecule has 2 N–H and O–H groups in total. The van der Waals surface area contributed by atoms with Crippen LogP contribution in [0.15, 0.2) is 0 Å². The lowest BCUT2D eigenvalue weighted by atomic mass is 9.77. The average molecular weight is 165 g/mol. The van der Waals surface area contributed by atoms with Gasteiger partial charge in [0.15, 0.2) is 0 Å². The van der Waals surface area contributed by atoms with Gasteiger partial charge in [-0.2, -0.15) is 5.26 Å². The highest BCUT2D eigenvalue weighted by molar-refractivity contribution is 5.01. The van der Waals surface area contributed by atoms with Crippen molar-refractivity contribution >= 4 is 0 Å². The molecule has 1 aliphatic carbocycles. The molecule has 1 heterocycles. The van der Waals surface area contributed by atoms with Gasteiger partial charge in [0.25, 0.3) is 0 Å². The van der Waals surface area contributed by atoms with Gasteiger partial charge in [0.2, 0.25) is 0 Å². The summed E-state index contributed by atoms with van der Waals surface area (Å²) in [6, 6.07) is 2.36. The Balaban J connectivity index is 1.93. The van der Waals surface area contributed by atoms with E-state index in [4.69, 9.17) is 5.26 Å². The molecule has 0 unspecified atom stereocenters. The summed E-state index contributed by atoms with van der Waals surface area (Å²) < 4.78 is 0. The molecule has 2 aliphatic rings. The Bertz CT molecular complexity index is 190. The van der Waals surface area contributed by atoms with Crippen LogP contribution < -0.4 is 10.6 Å². The topological polar surface area (TPSA) is 47.9 Å². The van der Waals surface area contributed by atoms with Crippen LogP contribution in [-0.4, -0.2) is 18.8 Å². The van der Waals surface area contributed by atoms with E-state index in [9.17, 15) is 0 Å². The van der Waals surface area contributed by atoms with Crippen LogP contribution in [0.4, 0.5) is 0 Å². The summed E-state index contributed by atoms with van der Waals surface area (Å²) >= 11 is 0. The molecular weight excluding hydrogens is 150 g/mol. The maximum absolute atomic E-state index is 8.74. The number of hydrogen-bond donors (Lipinski definition) is 2. The molecule has 0 radical (unpaired) electrons. The molecule has 1 spiro atoms. The Morgan fingerprint density at radius 3 is 2.58 bits per heavy atom. The number of nitrogens with one attached hydrogen (secondary N) is 2. The fourth-order valence-electron chi connectivity index (χ4n) is 2.27. The van der Waals surface area contributed by atoms with Gasteiger partial charge in [0.05, 0.1) is 6.07 Å². The SMILES string of the molecule is N#CC1CCC2(CC1)CNCN2. The van der Waals surface area contributed by atoms with Crippen LogP contribution in [0.3, 0.4) is 0 Å². The lowest BCUT2D eigenvalue weighted by molar-refractivity contribution is 0.250. The van der Waals surface area contributed by atoms with E-state index in [1.54, 1.807) is 0 Å². The molecule has 0 bridgehead atoms. The van der Waals surface area contributed by atoms with Crippen LogP contribution >= 0.6 is 0 Å². The van der Waals surface area contributed by atoms with E-state index >= 15 is 0 Å². The maximum atomic E-state index is 8.74. The van der Waals surface area contributed by atoms with Gasteiger partial charge < -0.3 is 5.32 Å². The highest BCUT2D eigenvalue weighted by Gasteiger charge is 2.37. The van der Waals surface area contributed by atoms with Crippen molar-refractivity contribution in [2.75, 3.05) is 13.2 Å². The third-order valence-electron chi connectivity index (χ3n) is 3.18. The summed E-state index contributed by atoms with van der Waals surface area (Å²) in [6.07, 6.45) is 4.48.